The first-order valence-electron chi connectivity index (χ1n) is 14.0. The van der Waals surface area contributed by atoms with Crippen LogP contribution in [0.5, 0.6) is 11.5 Å². The van der Waals surface area contributed by atoms with Crippen LogP contribution in [-0.2, 0) is 11.2 Å². The minimum Gasteiger partial charge on any atom is -0.448 e. The van der Waals surface area contributed by atoms with E-state index in [2.05, 4.69) is 25.9 Å². The van der Waals surface area contributed by atoms with E-state index in [9.17, 15) is 9.59 Å². The van der Waals surface area contributed by atoms with E-state index in [1.807, 2.05) is 26.8 Å². The second-order valence-electron chi connectivity index (χ2n) is 12.7. The number of ether oxygens (including phenoxy) is 2. The molecular formula is C31H39ClN2O4. The van der Waals surface area contributed by atoms with Gasteiger partial charge in [-0.25, -0.2) is 0 Å². The number of allylic oxidation sites excluding steroid dienone is 3. The maximum Gasteiger partial charge on any atom is 0.256 e. The van der Waals surface area contributed by atoms with E-state index in [0.717, 1.165) is 66.4 Å². The number of Topliss-reactive ketones (excluding diaryl/α,β-unsaturated/α-hetero) is 1. The lowest BCUT2D eigenvalue weighted by molar-refractivity contribution is -0.211. The highest BCUT2D eigenvalue weighted by Gasteiger charge is 2.63. The summed E-state index contributed by atoms with van der Waals surface area (Å²) in [6.07, 6.45) is 9.70. The Labute approximate surface area is 231 Å². The second kappa shape index (κ2) is 8.59. The van der Waals surface area contributed by atoms with Crippen LogP contribution >= 0.6 is 11.6 Å². The average molecular weight is 539 g/mol. The largest absolute Gasteiger partial charge is 0.448 e. The molecule has 2 aliphatic heterocycles. The number of carbonyl (C=O) groups excluding carboxylic acids is 2. The van der Waals surface area contributed by atoms with Crippen molar-refractivity contribution in [2.75, 3.05) is 27.2 Å². The minimum atomic E-state index is -0.810. The van der Waals surface area contributed by atoms with Crippen LogP contribution in [0.4, 0.5) is 0 Å². The third-order valence-corrected chi connectivity index (χ3v) is 11.0. The first-order chi connectivity index (χ1) is 17.9. The van der Waals surface area contributed by atoms with Crippen molar-refractivity contribution in [3.63, 3.8) is 0 Å². The van der Waals surface area contributed by atoms with Crippen LogP contribution in [0.15, 0.2) is 22.8 Å². The van der Waals surface area contributed by atoms with Crippen molar-refractivity contribution in [3.05, 3.63) is 44.5 Å². The van der Waals surface area contributed by atoms with E-state index in [4.69, 9.17) is 21.1 Å². The third kappa shape index (κ3) is 3.55. The lowest BCUT2D eigenvalue weighted by Gasteiger charge is -2.59. The van der Waals surface area contributed by atoms with Crippen LogP contribution in [0.3, 0.4) is 0 Å². The molecule has 4 aliphatic carbocycles. The highest BCUT2D eigenvalue weighted by atomic mass is 35.5. The summed E-state index contributed by atoms with van der Waals surface area (Å²) in [4.78, 5) is 30.7. The van der Waals surface area contributed by atoms with Gasteiger partial charge in [0.15, 0.2) is 17.3 Å². The summed E-state index contributed by atoms with van der Waals surface area (Å²) in [5.41, 5.74) is 5.33. The number of amides is 1. The lowest BCUT2D eigenvalue weighted by atomic mass is 9.54. The van der Waals surface area contributed by atoms with Crippen molar-refractivity contribution in [1.29, 1.82) is 0 Å². The van der Waals surface area contributed by atoms with Gasteiger partial charge in [0, 0.05) is 43.0 Å². The highest BCUT2D eigenvalue weighted by molar-refractivity contribution is 6.36. The van der Waals surface area contributed by atoms with Gasteiger partial charge in [-0.1, -0.05) is 23.3 Å². The topological polar surface area (TPSA) is 59.1 Å². The predicted octanol–water partition coefficient (Wildman–Crippen LogP) is 6.02. The molecule has 7 heteroatoms. The van der Waals surface area contributed by atoms with Crippen LogP contribution in [0, 0.1) is 12.3 Å². The molecule has 1 aromatic rings. The molecule has 0 N–H and O–H groups in total. The highest BCUT2D eigenvalue weighted by Crippen LogP contribution is 2.63. The van der Waals surface area contributed by atoms with Crippen molar-refractivity contribution >= 4 is 23.3 Å². The van der Waals surface area contributed by atoms with E-state index in [0.29, 0.717) is 48.0 Å². The Morgan fingerprint density at radius 1 is 1.00 bits per heavy atom. The molecule has 1 unspecified atom stereocenters. The molecule has 6 nitrogen and oxygen atoms in total. The zero-order chi connectivity index (χ0) is 27.2. The van der Waals surface area contributed by atoms with Gasteiger partial charge in [-0.2, -0.15) is 0 Å². The Balaban J connectivity index is 1.31. The molecule has 1 atom stereocenters. The van der Waals surface area contributed by atoms with Crippen molar-refractivity contribution in [1.82, 2.24) is 9.80 Å². The average Bonchev–Trinajstić information content (AvgIpc) is 3.26. The molecule has 204 valence electrons. The van der Waals surface area contributed by atoms with Gasteiger partial charge in [-0.3, -0.25) is 9.59 Å². The zero-order valence-corrected chi connectivity index (χ0v) is 24.3. The van der Waals surface area contributed by atoms with E-state index in [1.165, 1.54) is 0 Å². The number of hydrogen-bond acceptors (Lipinski definition) is 5. The summed E-state index contributed by atoms with van der Waals surface area (Å²) in [5.74, 6) is 0.359. The number of carbonyl (C=O) groups is 2. The molecule has 1 aromatic carbocycles. The van der Waals surface area contributed by atoms with Gasteiger partial charge in [-0.05, 0) is 96.5 Å². The summed E-state index contributed by atoms with van der Waals surface area (Å²) in [7, 11) is 4.40. The summed E-state index contributed by atoms with van der Waals surface area (Å²) in [5, 5.41) is 0.348. The second-order valence-corrected chi connectivity index (χ2v) is 13.1. The number of halogens is 1. The standard InChI is InChI=1S/C31H39ClN2O4/c1-18-15-19(2)22(23(35)16-18)17-34-14-7-21-20(3)26-27(25(32)24(21)28(34)36)38-29(4,37-26)30-8-11-31(12-9-30,13-10-30)33(5)6/h15H,7-14,16-17H2,1-6H3. The van der Waals surface area contributed by atoms with Crippen LogP contribution < -0.4 is 9.47 Å². The van der Waals surface area contributed by atoms with Gasteiger partial charge in [-0.15, -0.1) is 0 Å². The quantitative estimate of drug-likeness (QED) is 0.469. The number of rotatable bonds is 4. The number of hydrogen-bond donors (Lipinski definition) is 0. The fourth-order valence-corrected chi connectivity index (χ4v) is 8.20. The van der Waals surface area contributed by atoms with Gasteiger partial charge in [0.05, 0.1) is 10.6 Å². The van der Waals surface area contributed by atoms with Gasteiger partial charge >= 0.3 is 0 Å². The SMILES string of the molecule is CC1=CC(C)=C(CN2CCc3c(C)c4c(c(Cl)c3C2=O)OC(C)(C23CCC(N(C)C)(CC2)CC3)O4)C(=O)C1. The number of benzene rings is 1. The van der Waals surface area contributed by atoms with E-state index < -0.39 is 5.79 Å². The molecule has 2 bridgehead atoms. The Morgan fingerprint density at radius 2 is 1.63 bits per heavy atom. The van der Waals surface area contributed by atoms with Crippen molar-refractivity contribution in [3.8, 4) is 11.5 Å². The van der Waals surface area contributed by atoms with Crippen LogP contribution in [0.2, 0.25) is 5.02 Å². The van der Waals surface area contributed by atoms with Crippen LogP contribution in [0.25, 0.3) is 0 Å². The summed E-state index contributed by atoms with van der Waals surface area (Å²) >= 11 is 7.00. The number of fused-ring (bicyclic) bond motifs is 5. The predicted molar refractivity (Wildman–Crippen MR) is 148 cm³/mol. The maximum absolute atomic E-state index is 13.8. The Kier molecular flexibility index (Phi) is 5.87. The van der Waals surface area contributed by atoms with E-state index in [-0.39, 0.29) is 22.6 Å². The molecule has 6 aliphatic rings. The normalized spacial score (nSPS) is 32.3. The lowest BCUT2D eigenvalue weighted by Crippen LogP contribution is -2.62. The molecule has 3 saturated carbocycles. The van der Waals surface area contributed by atoms with Crippen molar-refractivity contribution in [2.45, 2.75) is 90.4 Å². The number of ketones is 1. The van der Waals surface area contributed by atoms with Gasteiger partial charge < -0.3 is 19.3 Å². The molecule has 0 spiro atoms. The molecule has 38 heavy (non-hydrogen) atoms. The summed E-state index contributed by atoms with van der Waals surface area (Å²) in [6, 6.07) is 0. The molecule has 0 radical (unpaired) electrons. The first kappa shape index (κ1) is 25.9. The Hall–Kier alpha value is -2.31. The zero-order valence-electron chi connectivity index (χ0n) is 23.6. The summed E-state index contributed by atoms with van der Waals surface area (Å²) in [6.45, 7) is 8.87. The molecule has 3 fully saturated rings. The molecule has 1 amide bonds. The molecular weight excluding hydrogens is 500 g/mol. The number of nitrogens with zero attached hydrogens (tertiary/aromatic N) is 2. The molecule has 2 heterocycles. The van der Waals surface area contributed by atoms with Crippen molar-refractivity contribution in [2.24, 2.45) is 5.41 Å². The summed E-state index contributed by atoms with van der Waals surface area (Å²) < 4.78 is 13.4. The minimum absolute atomic E-state index is 0.0763. The van der Waals surface area contributed by atoms with Crippen LogP contribution in [-0.4, -0.2) is 60.0 Å². The van der Waals surface area contributed by atoms with Gasteiger partial charge in [0.25, 0.3) is 11.7 Å². The molecule has 0 saturated heterocycles. The fourth-order valence-electron chi connectivity index (χ4n) is 7.88. The van der Waals surface area contributed by atoms with Gasteiger partial charge in [0.1, 0.15) is 0 Å². The van der Waals surface area contributed by atoms with Crippen molar-refractivity contribution < 1.29 is 19.1 Å². The van der Waals surface area contributed by atoms with E-state index in [1.54, 1.807) is 4.90 Å². The molecule has 7 rings (SSSR count). The smallest absolute Gasteiger partial charge is 0.256 e. The van der Waals surface area contributed by atoms with E-state index >= 15 is 0 Å². The fraction of sp³-hybridized carbons (Fsp3) is 0.613. The Bertz CT molecular complexity index is 1300. The third-order valence-electron chi connectivity index (χ3n) is 10.6. The molecule has 0 aromatic heterocycles. The van der Waals surface area contributed by atoms with Gasteiger partial charge in [0.2, 0.25) is 0 Å². The Morgan fingerprint density at radius 3 is 2.24 bits per heavy atom. The maximum atomic E-state index is 13.8. The monoisotopic (exact) mass is 538 g/mol. The first-order valence-corrected chi connectivity index (χ1v) is 14.4. The van der Waals surface area contributed by atoms with Crippen LogP contribution in [0.1, 0.15) is 87.2 Å².